The van der Waals surface area contributed by atoms with Crippen molar-refractivity contribution in [3.63, 3.8) is 0 Å². The van der Waals surface area contributed by atoms with Gasteiger partial charge in [-0.1, -0.05) is 39.7 Å². The van der Waals surface area contributed by atoms with Crippen LogP contribution in [0.15, 0.2) is 24.3 Å². The van der Waals surface area contributed by atoms with Gasteiger partial charge >= 0.3 is 0 Å². The molecular formula is C15H22BrClO2. The van der Waals surface area contributed by atoms with E-state index >= 15 is 0 Å². The second-order valence-corrected chi connectivity index (χ2v) is 5.69. The molecule has 4 heteroatoms. The van der Waals surface area contributed by atoms with Crippen LogP contribution in [0.25, 0.3) is 0 Å². The number of benzene rings is 1. The van der Waals surface area contributed by atoms with Crippen LogP contribution in [0.3, 0.4) is 0 Å². The van der Waals surface area contributed by atoms with Crippen LogP contribution < -0.4 is 0 Å². The molecule has 0 aromatic heterocycles. The van der Waals surface area contributed by atoms with Crippen LogP contribution in [-0.2, 0) is 15.9 Å². The Labute approximate surface area is 129 Å². The monoisotopic (exact) mass is 348 g/mol. The second-order valence-electron chi connectivity index (χ2n) is 4.60. The molecule has 0 amide bonds. The fraction of sp³-hybridized carbons (Fsp3) is 0.600. The highest BCUT2D eigenvalue weighted by Gasteiger charge is 2.08. The van der Waals surface area contributed by atoms with Gasteiger partial charge in [0.15, 0.2) is 0 Å². The SMILES string of the molecule is COCCOCCCC(CBr)Cc1cccc(Cl)c1. The summed E-state index contributed by atoms with van der Waals surface area (Å²) in [5, 5.41) is 1.83. The van der Waals surface area contributed by atoms with Crippen molar-refractivity contribution < 1.29 is 9.47 Å². The summed E-state index contributed by atoms with van der Waals surface area (Å²) in [5.74, 6) is 0.629. The number of rotatable bonds is 10. The predicted octanol–water partition coefficient (Wildman–Crippen LogP) is 4.34. The maximum atomic E-state index is 6.00. The minimum absolute atomic E-state index is 0.629. The lowest BCUT2D eigenvalue weighted by atomic mass is 9.97. The topological polar surface area (TPSA) is 18.5 Å². The summed E-state index contributed by atoms with van der Waals surface area (Å²) >= 11 is 9.60. The lowest BCUT2D eigenvalue weighted by molar-refractivity contribution is 0.0675. The van der Waals surface area contributed by atoms with Crippen LogP contribution in [0.1, 0.15) is 18.4 Å². The number of ether oxygens (including phenoxy) is 2. The first-order valence-corrected chi connectivity index (χ1v) is 8.13. The van der Waals surface area contributed by atoms with E-state index in [2.05, 4.69) is 22.0 Å². The molecule has 1 rings (SSSR count). The molecule has 0 saturated carbocycles. The van der Waals surface area contributed by atoms with E-state index in [1.807, 2.05) is 18.2 Å². The molecule has 0 heterocycles. The third-order valence-corrected chi connectivity index (χ3v) is 4.12. The molecule has 0 aliphatic heterocycles. The van der Waals surface area contributed by atoms with Gasteiger partial charge in [-0.05, 0) is 42.9 Å². The maximum Gasteiger partial charge on any atom is 0.0700 e. The van der Waals surface area contributed by atoms with Crippen molar-refractivity contribution in [3.05, 3.63) is 34.9 Å². The highest BCUT2D eigenvalue weighted by molar-refractivity contribution is 9.09. The van der Waals surface area contributed by atoms with Crippen LogP contribution in [0.2, 0.25) is 5.02 Å². The first-order valence-electron chi connectivity index (χ1n) is 6.63. The van der Waals surface area contributed by atoms with E-state index in [-0.39, 0.29) is 0 Å². The Morgan fingerprint density at radius 3 is 2.79 bits per heavy atom. The summed E-state index contributed by atoms with van der Waals surface area (Å²) in [6, 6.07) is 8.11. The minimum atomic E-state index is 0.629. The molecule has 0 aliphatic carbocycles. The largest absolute Gasteiger partial charge is 0.382 e. The first kappa shape index (κ1) is 17.0. The number of hydrogen-bond acceptors (Lipinski definition) is 2. The molecule has 0 N–H and O–H groups in total. The standard InChI is InChI=1S/C15H22BrClO2/c1-18-8-9-19-7-3-5-14(12-16)10-13-4-2-6-15(17)11-13/h2,4,6,11,14H,3,5,7-10,12H2,1H3. The third-order valence-electron chi connectivity index (χ3n) is 2.96. The van der Waals surface area contributed by atoms with Crippen LogP contribution in [-0.4, -0.2) is 32.3 Å². The average Bonchev–Trinajstić information content (AvgIpc) is 2.41. The van der Waals surface area contributed by atoms with Gasteiger partial charge < -0.3 is 9.47 Å². The van der Waals surface area contributed by atoms with Crippen molar-refractivity contribution in [3.8, 4) is 0 Å². The van der Waals surface area contributed by atoms with Gasteiger partial charge in [-0.15, -0.1) is 0 Å². The summed E-state index contributed by atoms with van der Waals surface area (Å²) in [4.78, 5) is 0. The van der Waals surface area contributed by atoms with E-state index < -0.39 is 0 Å². The van der Waals surface area contributed by atoms with Gasteiger partial charge in [0, 0.05) is 24.1 Å². The van der Waals surface area contributed by atoms with E-state index in [1.54, 1.807) is 7.11 Å². The molecule has 0 saturated heterocycles. The van der Waals surface area contributed by atoms with Gasteiger partial charge in [-0.25, -0.2) is 0 Å². The molecule has 2 nitrogen and oxygen atoms in total. The summed E-state index contributed by atoms with van der Waals surface area (Å²) in [7, 11) is 1.69. The van der Waals surface area contributed by atoms with Crippen molar-refractivity contribution >= 4 is 27.5 Å². The van der Waals surface area contributed by atoms with E-state index in [9.17, 15) is 0 Å². The Hall–Kier alpha value is -0.0900. The third kappa shape index (κ3) is 7.93. The van der Waals surface area contributed by atoms with E-state index in [0.29, 0.717) is 19.1 Å². The van der Waals surface area contributed by atoms with Crippen LogP contribution in [0.4, 0.5) is 0 Å². The number of methoxy groups -OCH3 is 1. The number of halogens is 2. The lowest BCUT2D eigenvalue weighted by Gasteiger charge is -2.14. The van der Waals surface area contributed by atoms with Gasteiger partial charge in [0.1, 0.15) is 0 Å². The molecule has 0 aliphatic rings. The summed E-state index contributed by atoms with van der Waals surface area (Å²) < 4.78 is 10.4. The van der Waals surface area contributed by atoms with Gasteiger partial charge in [0.2, 0.25) is 0 Å². The van der Waals surface area contributed by atoms with Gasteiger partial charge in [0.25, 0.3) is 0 Å². The van der Waals surface area contributed by atoms with Crippen LogP contribution in [0, 0.1) is 5.92 Å². The van der Waals surface area contributed by atoms with E-state index in [1.165, 1.54) is 5.56 Å². The van der Waals surface area contributed by atoms with E-state index in [0.717, 1.165) is 36.2 Å². The van der Waals surface area contributed by atoms with Crippen molar-refractivity contribution in [1.29, 1.82) is 0 Å². The van der Waals surface area contributed by atoms with Gasteiger partial charge in [0.05, 0.1) is 13.2 Å². The number of alkyl halides is 1. The average molecular weight is 350 g/mol. The Morgan fingerprint density at radius 1 is 1.26 bits per heavy atom. The zero-order valence-corrected chi connectivity index (χ0v) is 13.8. The highest BCUT2D eigenvalue weighted by atomic mass is 79.9. The number of hydrogen-bond donors (Lipinski definition) is 0. The van der Waals surface area contributed by atoms with E-state index in [4.69, 9.17) is 21.1 Å². The van der Waals surface area contributed by atoms with Crippen molar-refractivity contribution in [2.45, 2.75) is 19.3 Å². The van der Waals surface area contributed by atoms with Crippen LogP contribution >= 0.6 is 27.5 Å². The molecule has 1 aromatic rings. The molecule has 0 fully saturated rings. The zero-order chi connectivity index (χ0) is 13.9. The van der Waals surface area contributed by atoms with Gasteiger partial charge in [-0.2, -0.15) is 0 Å². The second kappa shape index (κ2) is 10.7. The molecule has 0 radical (unpaired) electrons. The zero-order valence-electron chi connectivity index (χ0n) is 11.4. The Kier molecular flexibility index (Phi) is 9.52. The molecule has 0 spiro atoms. The van der Waals surface area contributed by atoms with Crippen molar-refractivity contribution in [1.82, 2.24) is 0 Å². The molecular weight excluding hydrogens is 328 g/mol. The molecule has 0 bridgehead atoms. The Morgan fingerprint density at radius 2 is 2.11 bits per heavy atom. The molecule has 1 aromatic carbocycles. The Balaban J connectivity index is 2.22. The summed E-state index contributed by atoms with van der Waals surface area (Å²) in [6.07, 6.45) is 3.30. The summed E-state index contributed by atoms with van der Waals surface area (Å²) in [5.41, 5.74) is 1.30. The smallest absolute Gasteiger partial charge is 0.0700 e. The fourth-order valence-electron chi connectivity index (χ4n) is 1.95. The molecule has 108 valence electrons. The summed E-state index contributed by atoms with van der Waals surface area (Å²) in [6.45, 7) is 2.16. The Bertz CT molecular complexity index is 347. The quantitative estimate of drug-likeness (QED) is 0.462. The van der Waals surface area contributed by atoms with Crippen molar-refractivity contribution in [2.24, 2.45) is 5.92 Å². The highest BCUT2D eigenvalue weighted by Crippen LogP contribution is 2.19. The maximum absolute atomic E-state index is 6.00. The molecule has 19 heavy (non-hydrogen) atoms. The normalized spacial score (nSPS) is 12.6. The predicted molar refractivity (Wildman–Crippen MR) is 84.4 cm³/mol. The fourth-order valence-corrected chi connectivity index (χ4v) is 2.71. The van der Waals surface area contributed by atoms with Crippen molar-refractivity contribution in [2.75, 3.05) is 32.3 Å². The lowest BCUT2D eigenvalue weighted by Crippen LogP contribution is -2.09. The van der Waals surface area contributed by atoms with Gasteiger partial charge in [-0.3, -0.25) is 0 Å². The molecule has 1 unspecified atom stereocenters. The molecule has 1 atom stereocenters. The first-order chi connectivity index (χ1) is 9.26. The van der Waals surface area contributed by atoms with Crippen LogP contribution in [0.5, 0.6) is 0 Å². The minimum Gasteiger partial charge on any atom is -0.382 e.